The second-order valence-electron chi connectivity index (χ2n) is 7.00. The Morgan fingerprint density at radius 3 is 2.55 bits per heavy atom. The molecule has 2 unspecified atom stereocenters. The normalized spacial score (nSPS) is 31.5. The van der Waals surface area contributed by atoms with Gasteiger partial charge in [0, 0.05) is 44.7 Å². The minimum Gasteiger partial charge on any atom is -0.360 e. The Hall–Kier alpha value is -1.07. The van der Waals surface area contributed by atoms with Crippen LogP contribution in [0.25, 0.3) is 0 Å². The molecule has 1 aromatic heterocycles. The summed E-state index contributed by atoms with van der Waals surface area (Å²) in [5.74, 6) is 0.999. The summed E-state index contributed by atoms with van der Waals surface area (Å²) in [6.45, 7) is 3.72. The Balaban J connectivity index is 1.27. The second-order valence-corrected chi connectivity index (χ2v) is 7.92. The van der Waals surface area contributed by atoms with Crippen molar-refractivity contribution in [1.82, 2.24) is 10.2 Å². The van der Waals surface area contributed by atoms with E-state index in [-0.39, 0.29) is 0 Å². The van der Waals surface area contributed by atoms with Gasteiger partial charge >= 0.3 is 0 Å². The maximum absolute atomic E-state index is 12.6. The van der Waals surface area contributed by atoms with Crippen molar-refractivity contribution in [3.8, 4) is 0 Å². The van der Waals surface area contributed by atoms with Crippen molar-refractivity contribution >= 4 is 22.2 Å². The van der Waals surface area contributed by atoms with Crippen LogP contribution >= 0.6 is 11.3 Å². The molecule has 0 saturated carbocycles. The van der Waals surface area contributed by atoms with E-state index in [0.29, 0.717) is 23.9 Å². The van der Waals surface area contributed by atoms with E-state index in [9.17, 15) is 4.79 Å². The molecule has 1 amide bonds. The summed E-state index contributed by atoms with van der Waals surface area (Å²) in [5.41, 5.74) is 0. The molecule has 3 aliphatic heterocycles. The van der Waals surface area contributed by atoms with Crippen molar-refractivity contribution in [1.29, 1.82) is 0 Å². The highest BCUT2D eigenvalue weighted by molar-refractivity contribution is 7.14. The fourth-order valence-electron chi connectivity index (χ4n) is 4.34. The highest BCUT2D eigenvalue weighted by atomic mass is 32.1. The Labute approximate surface area is 136 Å². The standard InChI is InChI=1S/C17H25N3OS/c21-16(12-13-10-14-3-4-15(11-13)18-14)19-5-7-20(8-6-19)17-2-1-9-22-17/h1-2,9,13-15,18H,3-8,10-12H2. The molecule has 4 nitrogen and oxygen atoms in total. The van der Waals surface area contributed by atoms with Crippen LogP contribution < -0.4 is 10.2 Å². The van der Waals surface area contributed by atoms with Gasteiger partial charge < -0.3 is 15.1 Å². The molecule has 3 aliphatic rings. The van der Waals surface area contributed by atoms with Crippen molar-refractivity contribution < 1.29 is 4.79 Å². The van der Waals surface area contributed by atoms with Gasteiger partial charge in [-0.1, -0.05) is 0 Å². The van der Waals surface area contributed by atoms with E-state index in [1.165, 1.54) is 30.7 Å². The highest BCUT2D eigenvalue weighted by Crippen LogP contribution is 2.33. The fourth-order valence-corrected chi connectivity index (χ4v) is 5.13. The molecular formula is C17H25N3OS. The number of nitrogens with zero attached hydrogens (tertiary/aromatic N) is 2. The Morgan fingerprint density at radius 1 is 1.18 bits per heavy atom. The smallest absolute Gasteiger partial charge is 0.222 e. The number of piperazine rings is 1. The maximum Gasteiger partial charge on any atom is 0.222 e. The molecule has 2 bridgehead atoms. The highest BCUT2D eigenvalue weighted by Gasteiger charge is 2.35. The molecule has 22 heavy (non-hydrogen) atoms. The number of anilines is 1. The molecule has 5 heteroatoms. The molecule has 0 aromatic carbocycles. The van der Waals surface area contributed by atoms with E-state index in [1.807, 2.05) is 0 Å². The molecular weight excluding hydrogens is 294 g/mol. The molecule has 1 N–H and O–H groups in total. The summed E-state index contributed by atoms with van der Waals surface area (Å²) in [6.07, 6.45) is 5.81. The molecule has 3 saturated heterocycles. The molecule has 0 radical (unpaired) electrons. The van der Waals surface area contributed by atoms with Gasteiger partial charge in [0.05, 0.1) is 5.00 Å². The van der Waals surface area contributed by atoms with Crippen molar-refractivity contribution in [2.75, 3.05) is 31.1 Å². The van der Waals surface area contributed by atoms with Crippen LogP contribution in [0.3, 0.4) is 0 Å². The minimum absolute atomic E-state index is 0.386. The maximum atomic E-state index is 12.6. The van der Waals surface area contributed by atoms with Gasteiger partial charge in [-0.3, -0.25) is 4.79 Å². The SMILES string of the molecule is O=C(CC1CC2CCC(C1)N2)N1CCN(c2cccs2)CC1. The van der Waals surface area contributed by atoms with Gasteiger partial charge in [0.2, 0.25) is 5.91 Å². The number of thiophene rings is 1. The van der Waals surface area contributed by atoms with Crippen LogP contribution in [0.15, 0.2) is 17.5 Å². The summed E-state index contributed by atoms with van der Waals surface area (Å²) in [7, 11) is 0. The van der Waals surface area contributed by atoms with Crippen LogP contribution in [0.5, 0.6) is 0 Å². The van der Waals surface area contributed by atoms with Crippen molar-refractivity contribution in [2.24, 2.45) is 5.92 Å². The number of amides is 1. The predicted molar refractivity (Wildman–Crippen MR) is 90.4 cm³/mol. The lowest BCUT2D eigenvalue weighted by Crippen LogP contribution is -2.49. The van der Waals surface area contributed by atoms with Gasteiger partial charge in [0.25, 0.3) is 0 Å². The molecule has 4 rings (SSSR count). The molecule has 120 valence electrons. The van der Waals surface area contributed by atoms with Crippen LogP contribution in [0, 0.1) is 5.92 Å². The largest absolute Gasteiger partial charge is 0.360 e. The van der Waals surface area contributed by atoms with Gasteiger partial charge in [-0.25, -0.2) is 0 Å². The minimum atomic E-state index is 0.386. The summed E-state index contributed by atoms with van der Waals surface area (Å²) < 4.78 is 0. The Kier molecular flexibility index (Phi) is 4.09. The zero-order chi connectivity index (χ0) is 14.9. The predicted octanol–water partition coefficient (Wildman–Crippen LogP) is 2.32. The third-order valence-corrected chi connectivity index (χ3v) is 6.41. The molecule has 0 spiro atoms. The summed E-state index contributed by atoms with van der Waals surface area (Å²) >= 11 is 1.79. The number of piperidine rings is 1. The number of hydrogen-bond acceptors (Lipinski definition) is 4. The number of fused-ring (bicyclic) bond motifs is 2. The summed E-state index contributed by atoms with van der Waals surface area (Å²) in [5, 5.41) is 7.12. The monoisotopic (exact) mass is 319 g/mol. The topological polar surface area (TPSA) is 35.6 Å². The Morgan fingerprint density at radius 2 is 1.91 bits per heavy atom. The second kappa shape index (κ2) is 6.20. The van der Waals surface area contributed by atoms with Crippen molar-refractivity contribution in [3.05, 3.63) is 17.5 Å². The lowest BCUT2D eigenvalue weighted by atomic mass is 9.89. The number of nitrogens with one attached hydrogen (secondary N) is 1. The van der Waals surface area contributed by atoms with E-state index in [4.69, 9.17) is 0 Å². The number of hydrogen-bond donors (Lipinski definition) is 1. The van der Waals surface area contributed by atoms with E-state index in [1.54, 1.807) is 11.3 Å². The van der Waals surface area contributed by atoms with Gasteiger partial charge in [-0.05, 0) is 49.1 Å². The molecule has 2 atom stereocenters. The third kappa shape index (κ3) is 3.01. The average molecular weight is 319 g/mol. The van der Waals surface area contributed by atoms with Gasteiger partial charge in [0.15, 0.2) is 0 Å². The summed E-state index contributed by atoms with van der Waals surface area (Å²) in [4.78, 5) is 17.1. The van der Waals surface area contributed by atoms with Crippen molar-refractivity contribution in [3.63, 3.8) is 0 Å². The first-order chi connectivity index (χ1) is 10.8. The first kappa shape index (κ1) is 14.5. The molecule has 4 heterocycles. The summed E-state index contributed by atoms with van der Waals surface area (Å²) in [6, 6.07) is 5.65. The Bertz CT molecular complexity index is 498. The fraction of sp³-hybridized carbons (Fsp3) is 0.706. The van der Waals surface area contributed by atoms with Gasteiger partial charge in [-0.2, -0.15) is 0 Å². The molecule has 0 aliphatic carbocycles. The lowest BCUT2D eigenvalue weighted by molar-refractivity contribution is -0.132. The number of carbonyl (C=O) groups excluding carboxylic acids is 1. The van der Waals surface area contributed by atoms with Crippen LogP contribution in [-0.4, -0.2) is 49.1 Å². The lowest BCUT2D eigenvalue weighted by Gasteiger charge is -2.36. The van der Waals surface area contributed by atoms with E-state index in [0.717, 1.165) is 32.6 Å². The first-order valence-corrected chi connectivity index (χ1v) is 9.48. The number of carbonyl (C=O) groups is 1. The first-order valence-electron chi connectivity index (χ1n) is 8.60. The van der Waals surface area contributed by atoms with E-state index in [2.05, 4.69) is 32.6 Å². The number of rotatable bonds is 3. The van der Waals surface area contributed by atoms with Gasteiger partial charge in [-0.15, -0.1) is 11.3 Å². The quantitative estimate of drug-likeness (QED) is 0.929. The van der Waals surface area contributed by atoms with Crippen LogP contribution in [0.4, 0.5) is 5.00 Å². The zero-order valence-electron chi connectivity index (χ0n) is 13.0. The molecule has 1 aromatic rings. The van der Waals surface area contributed by atoms with E-state index >= 15 is 0 Å². The molecule has 3 fully saturated rings. The van der Waals surface area contributed by atoms with Crippen molar-refractivity contribution in [2.45, 2.75) is 44.2 Å². The van der Waals surface area contributed by atoms with Crippen LogP contribution in [-0.2, 0) is 4.79 Å². The van der Waals surface area contributed by atoms with E-state index < -0.39 is 0 Å². The van der Waals surface area contributed by atoms with Gasteiger partial charge in [0.1, 0.15) is 0 Å². The zero-order valence-corrected chi connectivity index (χ0v) is 13.9. The average Bonchev–Trinajstić information content (AvgIpc) is 3.17. The van der Waals surface area contributed by atoms with Crippen LogP contribution in [0.2, 0.25) is 0 Å². The third-order valence-electron chi connectivity index (χ3n) is 5.48. The van der Waals surface area contributed by atoms with Crippen LogP contribution in [0.1, 0.15) is 32.1 Å².